The van der Waals surface area contributed by atoms with Crippen LogP contribution in [-0.4, -0.2) is 14.5 Å². The lowest BCUT2D eigenvalue weighted by Gasteiger charge is -2.06. The van der Waals surface area contributed by atoms with Crippen LogP contribution < -0.4 is 5.56 Å². The highest BCUT2D eigenvalue weighted by Crippen LogP contribution is 2.49. The highest BCUT2D eigenvalue weighted by atomic mass is 16.1. The Labute approximate surface area is 126 Å². The molecule has 3 aromatic rings. The van der Waals surface area contributed by atoms with Crippen LogP contribution in [-0.2, 0) is 5.41 Å². The van der Waals surface area contributed by atoms with Gasteiger partial charge in [-0.05, 0) is 36.0 Å². The Morgan fingerprint density at radius 1 is 1.36 bits per heavy atom. The molecule has 1 aliphatic rings. The number of nitriles is 1. The van der Waals surface area contributed by atoms with Crippen molar-refractivity contribution >= 4 is 11.0 Å². The van der Waals surface area contributed by atoms with Gasteiger partial charge >= 0.3 is 0 Å². The molecule has 1 aliphatic carbocycles. The van der Waals surface area contributed by atoms with Gasteiger partial charge < -0.3 is 4.98 Å². The normalized spacial score (nSPS) is 15.6. The standard InChI is InChI=1S/C17H14N4O/c1-17(6-7-17)12-9-21(13-5-3-2-4-11(13)8-18)15-14(12)16(22)20-10-19-15/h2-5,9-10H,6-7H2,1H3,(H,19,20,22). The fourth-order valence-electron chi connectivity index (χ4n) is 2.95. The van der Waals surface area contributed by atoms with Crippen molar-refractivity contribution in [1.82, 2.24) is 14.5 Å². The topological polar surface area (TPSA) is 74.5 Å². The summed E-state index contributed by atoms with van der Waals surface area (Å²) in [6, 6.07) is 9.56. The number of hydrogen-bond donors (Lipinski definition) is 1. The molecular formula is C17H14N4O. The first-order valence-corrected chi connectivity index (χ1v) is 7.23. The van der Waals surface area contributed by atoms with Crippen molar-refractivity contribution in [3.8, 4) is 11.8 Å². The Morgan fingerprint density at radius 3 is 2.86 bits per heavy atom. The minimum Gasteiger partial charge on any atom is -0.312 e. The third-order valence-electron chi connectivity index (χ3n) is 4.52. The third-order valence-corrected chi connectivity index (χ3v) is 4.52. The second kappa shape index (κ2) is 4.31. The fraction of sp³-hybridized carbons (Fsp3) is 0.235. The number of nitrogens with one attached hydrogen (secondary N) is 1. The van der Waals surface area contributed by atoms with Crippen LogP contribution >= 0.6 is 0 Å². The van der Waals surface area contributed by atoms with E-state index in [9.17, 15) is 10.1 Å². The molecule has 0 saturated heterocycles. The van der Waals surface area contributed by atoms with Gasteiger partial charge in [0.15, 0.2) is 5.65 Å². The molecule has 0 spiro atoms. The molecular weight excluding hydrogens is 276 g/mol. The molecule has 108 valence electrons. The summed E-state index contributed by atoms with van der Waals surface area (Å²) >= 11 is 0. The summed E-state index contributed by atoms with van der Waals surface area (Å²) in [6.07, 6.45) is 5.52. The molecule has 1 fully saturated rings. The zero-order valence-corrected chi connectivity index (χ0v) is 12.1. The van der Waals surface area contributed by atoms with Crippen molar-refractivity contribution in [3.05, 3.63) is 58.3 Å². The van der Waals surface area contributed by atoms with Gasteiger partial charge in [0, 0.05) is 6.20 Å². The summed E-state index contributed by atoms with van der Waals surface area (Å²) < 4.78 is 1.86. The summed E-state index contributed by atoms with van der Waals surface area (Å²) in [4.78, 5) is 19.3. The Kier molecular flexibility index (Phi) is 2.52. The van der Waals surface area contributed by atoms with E-state index in [1.165, 1.54) is 6.33 Å². The molecule has 1 N–H and O–H groups in total. The molecule has 0 unspecified atom stereocenters. The Bertz CT molecular complexity index is 986. The van der Waals surface area contributed by atoms with Gasteiger partial charge in [0.1, 0.15) is 6.07 Å². The second-order valence-corrected chi connectivity index (χ2v) is 6.03. The van der Waals surface area contributed by atoms with Crippen molar-refractivity contribution in [2.45, 2.75) is 25.2 Å². The third kappa shape index (κ3) is 1.70. The molecule has 0 aliphatic heterocycles. The van der Waals surface area contributed by atoms with Crippen LogP contribution in [0.15, 0.2) is 41.6 Å². The molecule has 0 amide bonds. The molecule has 2 heterocycles. The summed E-state index contributed by atoms with van der Waals surface area (Å²) in [7, 11) is 0. The first-order valence-electron chi connectivity index (χ1n) is 7.23. The molecule has 22 heavy (non-hydrogen) atoms. The summed E-state index contributed by atoms with van der Waals surface area (Å²) in [5, 5.41) is 9.97. The van der Waals surface area contributed by atoms with Crippen LogP contribution in [0.1, 0.15) is 30.9 Å². The number of hydrogen-bond acceptors (Lipinski definition) is 3. The number of aromatic nitrogens is 3. The van der Waals surface area contributed by atoms with E-state index in [0.717, 1.165) is 24.1 Å². The van der Waals surface area contributed by atoms with E-state index in [2.05, 4.69) is 23.0 Å². The first kappa shape index (κ1) is 12.8. The Balaban J connectivity index is 2.10. The van der Waals surface area contributed by atoms with Crippen LogP contribution in [0.25, 0.3) is 16.7 Å². The maximum atomic E-state index is 12.3. The van der Waals surface area contributed by atoms with Crippen molar-refractivity contribution in [3.63, 3.8) is 0 Å². The number of rotatable bonds is 2. The van der Waals surface area contributed by atoms with E-state index in [4.69, 9.17) is 0 Å². The highest BCUT2D eigenvalue weighted by molar-refractivity contribution is 5.83. The number of fused-ring (bicyclic) bond motifs is 1. The predicted molar refractivity (Wildman–Crippen MR) is 83.0 cm³/mol. The quantitative estimate of drug-likeness (QED) is 0.788. The van der Waals surface area contributed by atoms with Crippen molar-refractivity contribution in [2.75, 3.05) is 0 Å². The average Bonchev–Trinajstić information content (AvgIpc) is 3.15. The van der Waals surface area contributed by atoms with Gasteiger partial charge in [-0.3, -0.25) is 9.36 Å². The average molecular weight is 290 g/mol. The lowest BCUT2D eigenvalue weighted by atomic mass is 9.99. The number of aromatic amines is 1. The van der Waals surface area contributed by atoms with Crippen molar-refractivity contribution in [1.29, 1.82) is 5.26 Å². The highest BCUT2D eigenvalue weighted by Gasteiger charge is 2.42. The number of H-pyrrole nitrogens is 1. The van der Waals surface area contributed by atoms with Gasteiger partial charge in [0.05, 0.1) is 23.0 Å². The van der Waals surface area contributed by atoms with E-state index < -0.39 is 0 Å². The lowest BCUT2D eigenvalue weighted by Crippen LogP contribution is -2.10. The molecule has 5 nitrogen and oxygen atoms in total. The van der Waals surface area contributed by atoms with E-state index in [1.807, 2.05) is 29.0 Å². The van der Waals surface area contributed by atoms with E-state index >= 15 is 0 Å². The minimum atomic E-state index is -0.124. The molecule has 0 bridgehead atoms. The van der Waals surface area contributed by atoms with Crippen LogP contribution in [0.4, 0.5) is 0 Å². The van der Waals surface area contributed by atoms with Crippen molar-refractivity contribution < 1.29 is 0 Å². The second-order valence-electron chi connectivity index (χ2n) is 6.03. The summed E-state index contributed by atoms with van der Waals surface area (Å²) in [5.74, 6) is 0. The van der Waals surface area contributed by atoms with Gasteiger partial charge in [-0.15, -0.1) is 0 Å². The van der Waals surface area contributed by atoms with E-state index in [1.54, 1.807) is 6.07 Å². The maximum Gasteiger partial charge on any atom is 0.260 e. The van der Waals surface area contributed by atoms with E-state index in [-0.39, 0.29) is 11.0 Å². The molecule has 1 aromatic carbocycles. The van der Waals surface area contributed by atoms with Crippen molar-refractivity contribution in [2.24, 2.45) is 0 Å². The Hall–Kier alpha value is -2.87. The van der Waals surface area contributed by atoms with Crippen LogP contribution in [0.5, 0.6) is 0 Å². The number of para-hydroxylation sites is 1. The predicted octanol–water partition coefficient (Wildman–Crippen LogP) is 2.64. The van der Waals surface area contributed by atoms with Crippen LogP contribution in [0.3, 0.4) is 0 Å². The zero-order valence-electron chi connectivity index (χ0n) is 12.1. The van der Waals surface area contributed by atoms with Gasteiger partial charge in [0.2, 0.25) is 0 Å². The number of benzene rings is 1. The smallest absolute Gasteiger partial charge is 0.260 e. The largest absolute Gasteiger partial charge is 0.312 e. The molecule has 0 radical (unpaired) electrons. The molecule has 1 saturated carbocycles. The van der Waals surface area contributed by atoms with Gasteiger partial charge in [0.25, 0.3) is 5.56 Å². The first-order chi connectivity index (χ1) is 10.6. The zero-order chi connectivity index (χ0) is 15.3. The van der Waals surface area contributed by atoms with Gasteiger partial charge in [-0.25, -0.2) is 4.98 Å². The summed E-state index contributed by atoms with van der Waals surface area (Å²) in [6.45, 7) is 2.16. The molecule has 5 heteroatoms. The van der Waals surface area contributed by atoms with Gasteiger partial charge in [-0.2, -0.15) is 5.26 Å². The molecule has 0 atom stereocenters. The fourth-order valence-corrected chi connectivity index (χ4v) is 2.95. The maximum absolute atomic E-state index is 12.3. The molecule has 4 rings (SSSR count). The van der Waals surface area contributed by atoms with Crippen LogP contribution in [0.2, 0.25) is 0 Å². The summed E-state index contributed by atoms with van der Waals surface area (Å²) in [5.41, 5.74) is 2.86. The lowest BCUT2D eigenvalue weighted by molar-refractivity contribution is 0.791. The SMILES string of the molecule is CC1(c2cn(-c3ccccc3C#N)c3nc[nH]c(=O)c23)CC1. The Morgan fingerprint density at radius 2 is 2.14 bits per heavy atom. The van der Waals surface area contributed by atoms with Gasteiger partial charge in [-0.1, -0.05) is 19.1 Å². The van der Waals surface area contributed by atoms with E-state index in [0.29, 0.717) is 16.6 Å². The van der Waals surface area contributed by atoms with Crippen LogP contribution in [0, 0.1) is 11.3 Å². The minimum absolute atomic E-state index is 0.0428. The number of nitrogens with zero attached hydrogens (tertiary/aromatic N) is 3. The molecule has 2 aromatic heterocycles. The monoisotopic (exact) mass is 290 g/mol.